The van der Waals surface area contributed by atoms with Gasteiger partial charge in [0.25, 0.3) is 5.91 Å². The number of carbonyl (C=O) groups is 2. The quantitative estimate of drug-likeness (QED) is 0.676. The van der Waals surface area contributed by atoms with E-state index in [0.29, 0.717) is 22.6 Å². The predicted octanol–water partition coefficient (Wildman–Crippen LogP) is 1.23. The van der Waals surface area contributed by atoms with Crippen LogP contribution in [0.25, 0.3) is 5.65 Å². The van der Waals surface area contributed by atoms with E-state index < -0.39 is 5.69 Å². The Morgan fingerprint density at radius 2 is 1.87 bits per heavy atom. The molecule has 0 aliphatic heterocycles. The molecular weight excluding hydrogens is 298 g/mol. The molecule has 0 aliphatic carbocycles. The van der Waals surface area contributed by atoms with Crippen molar-refractivity contribution >= 4 is 28.8 Å². The molecule has 116 valence electrons. The van der Waals surface area contributed by atoms with Gasteiger partial charge in [-0.25, -0.2) is 14.3 Å². The average Bonchev–Trinajstić information content (AvgIpc) is 2.88. The Labute approximate surface area is 130 Å². The standard InChI is InChI=1S/C15H13N5O3/c1-9(21)16-11-3-2-4-12(7-11)17-14(22)10-5-6-13-18-19-15(23)20(13)8-10/h2-8H,1H3,(H,16,21)(H,17,22)(H,19,23). The van der Waals surface area contributed by atoms with Crippen molar-refractivity contribution in [2.24, 2.45) is 0 Å². The normalized spacial score (nSPS) is 10.5. The highest BCUT2D eigenvalue weighted by Crippen LogP contribution is 2.16. The Morgan fingerprint density at radius 3 is 2.61 bits per heavy atom. The van der Waals surface area contributed by atoms with Gasteiger partial charge in [-0.05, 0) is 30.3 Å². The molecule has 1 aromatic carbocycles. The average molecular weight is 311 g/mol. The van der Waals surface area contributed by atoms with Crippen LogP contribution < -0.4 is 16.3 Å². The third-order valence-corrected chi connectivity index (χ3v) is 3.11. The van der Waals surface area contributed by atoms with Crippen molar-refractivity contribution in [3.63, 3.8) is 0 Å². The molecule has 3 N–H and O–H groups in total. The number of fused-ring (bicyclic) bond motifs is 1. The number of aromatic nitrogens is 3. The van der Waals surface area contributed by atoms with Gasteiger partial charge in [-0.2, -0.15) is 5.10 Å². The zero-order valence-electron chi connectivity index (χ0n) is 12.2. The molecule has 0 spiro atoms. The lowest BCUT2D eigenvalue weighted by Crippen LogP contribution is -2.15. The Balaban J connectivity index is 1.84. The Bertz CT molecular complexity index is 957. The summed E-state index contributed by atoms with van der Waals surface area (Å²) in [5.41, 5.74) is 1.44. The van der Waals surface area contributed by atoms with Crippen LogP contribution in [0.1, 0.15) is 17.3 Å². The van der Waals surface area contributed by atoms with Crippen molar-refractivity contribution in [1.82, 2.24) is 14.6 Å². The second-order valence-electron chi connectivity index (χ2n) is 4.89. The second-order valence-corrected chi connectivity index (χ2v) is 4.89. The van der Waals surface area contributed by atoms with Crippen LogP contribution in [0.4, 0.5) is 11.4 Å². The van der Waals surface area contributed by atoms with E-state index in [1.807, 2.05) is 0 Å². The van der Waals surface area contributed by atoms with Crippen molar-refractivity contribution in [2.45, 2.75) is 6.92 Å². The number of hydrogen-bond acceptors (Lipinski definition) is 4. The molecule has 0 bridgehead atoms. The van der Waals surface area contributed by atoms with Gasteiger partial charge in [0, 0.05) is 24.5 Å². The van der Waals surface area contributed by atoms with E-state index in [4.69, 9.17) is 0 Å². The highest BCUT2D eigenvalue weighted by molar-refractivity contribution is 6.04. The maximum atomic E-state index is 12.3. The monoisotopic (exact) mass is 311 g/mol. The fourth-order valence-electron chi connectivity index (χ4n) is 2.12. The summed E-state index contributed by atoms with van der Waals surface area (Å²) in [4.78, 5) is 34.9. The first kappa shape index (κ1) is 14.5. The summed E-state index contributed by atoms with van der Waals surface area (Å²) in [5.74, 6) is -0.571. The Morgan fingerprint density at radius 1 is 1.13 bits per heavy atom. The van der Waals surface area contributed by atoms with Crippen molar-refractivity contribution in [2.75, 3.05) is 10.6 Å². The molecule has 8 nitrogen and oxygen atoms in total. The number of nitrogens with one attached hydrogen (secondary N) is 3. The highest BCUT2D eigenvalue weighted by atomic mass is 16.2. The third kappa shape index (κ3) is 3.10. The first-order valence-corrected chi connectivity index (χ1v) is 6.79. The van der Waals surface area contributed by atoms with Crippen molar-refractivity contribution in [3.8, 4) is 0 Å². The molecule has 2 heterocycles. The first-order valence-electron chi connectivity index (χ1n) is 6.79. The van der Waals surface area contributed by atoms with E-state index in [1.54, 1.807) is 36.4 Å². The molecule has 23 heavy (non-hydrogen) atoms. The molecule has 3 rings (SSSR count). The number of benzene rings is 1. The third-order valence-electron chi connectivity index (χ3n) is 3.11. The van der Waals surface area contributed by atoms with E-state index in [2.05, 4.69) is 20.8 Å². The van der Waals surface area contributed by atoms with Crippen LogP contribution >= 0.6 is 0 Å². The van der Waals surface area contributed by atoms with Gasteiger partial charge >= 0.3 is 5.69 Å². The smallest absolute Gasteiger partial charge is 0.326 e. The van der Waals surface area contributed by atoms with Gasteiger partial charge in [-0.15, -0.1) is 0 Å². The molecule has 0 saturated heterocycles. The first-order chi connectivity index (χ1) is 11.0. The van der Waals surface area contributed by atoms with Crippen LogP contribution in [0.3, 0.4) is 0 Å². The van der Waals surface area contributed by atoms with E-state index in [0.717, 1.165) is 0 Å². The SMILES string of the molecule is CC(=O)Nc1cccc(NC(=O)c2ccc3n[nH]c(=O)n3c2)c1. The topological polar surface area (TPSA) is 108 Å². The van der Waals surface area contributed by atoms with Crippen LogP contribution in [-0.4, -0.2) is 26.4 Å². The summed E-state index contributed by atoms with van der Waals surface area (Å²) in [6, 6.07) is 9.91. The van der Waals surface area contributed by atoms with Crippen molar-refractivity contribution in [3.05, 3.63) is 58.6 Å². The molecule has 8 heteroatoms. The largest absolute Gasteiger partial charge is 0.347 e. The summed E-state index contributed by atoms with van der Waals surface area (Å²) in [6.45, 7) is 1.41. The lowest BCUT2D eigenvalue weighted by molar-refractivity contribution is -0.114. The minimum Gasteiger partial charge on any atom is -0.326 e. The predicted molar refractivity (Wildman–Crippen MR) is 84.5 cm³/mol. The molecular formula is C15H13N5O3. The maximum Gasteiger partial charge on any atom is 0.347 e. The van der Waals surface area contributed by atoms with E-state index in [1.165, 1.54) is 17.5 Å². The number of nitrogens with zero attached hydrogens (tertiary/aromatic N) is 2. The molecule has 0 saturated carbocycles. The van der Waals surface area contributed by atoms with Crippen LogP contribution in [0, 0.1) is 0 Å². The number of amides is 2. The lowest BCUT2D eigenvalue weighted by Gasteiger charge is -2.08. The molecule has 2 amide bonds. The van der Waals surface area contributed by atoms with Crippen LogP contribution in [0.2, 0.25) is 0 Å². The highest BCUT2D eigenvalue weighted by Gasteiger charge is 2.09. The number of pyridine rings is 1. The zero-order valence-corrected chi connectivity index (χ0v) is 12.2. The summed E-state index contributed by atoms with van der Waals surface area (Å²) in [6.07, 6.45) is 1.41. The Hall–Kier alpha value is -3.42. The van der Waals surface area contributed by atoms with Crippen LogP contribution in [-0.2, 0) is 4.79 Å². The van der Waals surface area contributed by atoms with Crippen LogP contribution in [0.5, 0.6) is 0 Å². The molecule has 2 aromatic heterocycles. The number of anilines is 2. The molecule has 0 fully saturated rings. The number of aromatic amines is 1. The lowest BCUT2D eigenvalue weighted by atomic mass is 10.2. The van der Waals surface area contributed by atoms with Crippen LogP contribution in [0.15, 0.2) is 47.4 Å². The van der Waals surface area contributed by atoms with E-state index >= 15 is 0 Å². The van der Waals surface area contributed by atoms with Crippen molar-refractivity contribution < 1.29 is 9.59 Å². The fourth-order valence-corrected chi connectivity index (χ4v) is 2.12. The zero-order chi connectivity index (χ0) is 16.4. The number of hydrogen-bond donors (Lipinski definition) is 3. The minimum absolute atomic E-state index is 0.196. The molecule has 0 radical (unpaired) electrons. The van der Waals surface area contributed by atoms with Crippen molar-refractivity contribution in [1.29, 1.82) is 0 Å². The van der Waals surface area contributed by atoms with Gasteiger partial charge in [0.1, 0.15) is 0 Å². The molecule has 0 unspecified atom stereocenters. The van der Waals surface area contributed by atoms with Gasteiger partial charge in [-0.3, -0.25) is 9.59 Å². The van der Waals surface area contributed by atoms with E-state index in [9.17, 15) is 14.4 Å². The Kier molecular flexibility index (Phi) is 3.63. The van der Waals surface area contributed by atoms with Gasteiger partial charge in [-0.1, -0.05) is 6.07 Å². The number of rotatable bonds is 3. The van der Waals surface area contributed by atoms with Gasteiger partial charge in [0.05, 0.1) is 5.56 Å². The van der Waals surface area contributed by atoms with Gasteiger partial charge in [0.2, 0.25) is 5.91 Å². The molecule has 3 aromatic rings. The van der Waals surface area contributed by atoms with Gasteiger partial charge < -0.3 is 10.6 Å². The summed E-state index contributed by atoms with van der Waals surface area (Å²) < 4.78 is 1.25. The van der Waals surface area contributed by atoms with Gasteiger partial charge in [0.15, 0.2) is 5.65 Å². The number of H-pyrrole nitrogens is 1. The van der Waals surface area contributed by atoms with E-state index in [-0.39, 0.29) is 11.8 Å². The molecule has 0 aliphatic rings. The summed E-state index contributed by atoms with van der Waals surface area (Å²) in [5, 5.41) is 11.4. The summed E-state index contributed by atoms with van der Waals surface area (Å²) >= 11 is 0. The number of carbonyl (C=O) groups excluding carboxylic acids is 2. The minimum atomic E-state index is -0.415. The maximum absolute atomic E-state index is 12.3. The summed E-state index contributed by atoms with van der Waals surface area (Å²) in [7, 11) is 0. The molecule has 0 atom stereocenters. The second kappa shape index (κ2) is 5.76. The fraction of sp³-hybridized carbons (Fsp3) is 0.0667.